The highest BCUT2D eigenvalue weighted by atomic mass is 16.5. The van der Waals surface area contributed by atoms with Crippen molar-refractivity contribution in [3.63, 3.8) is 0 Å². The van der Waals surface area contributed by atoms with Crippen molar-refractivity contribution in [3.05, 3.63) is 0 Å². The Morgan fingerprint density at radius 3 is 2.36 bits per heavy atom. The molecule has 0 radical (unpaired) electrons. The third-order valence-corrected chi connectivity index (χ3v) is 1.19. The van der Waals surface area contributed by atoms with E-state index in [1.54, 1.807) is 0 Å². The van der Waals surface area contributed by atoms with Gasteiger partial charge in [-0.15, -0.1) is 0 Å². The number of hydrogen-bond donors (Lipinski definition) is 4. The lowest BCUT2D eigenvalue weighted by molar-refractivity contribution is -0.143. The highest BCUT2D eigenvalue weighted by Crippen LogP contribution is 1.99. The quantitative estimate of drug-likeness (QED) is 0.298. The van der Waals surface area contributed by atoms with Crippen molar-refractivity contribution in [1.82, 2.24) is 5.48 Å². The maximum atomic E-state index is 10.6. The van der Waals surface area contributed by atoms with E-state index in [9.17, 15) is 9.59 Å². The Hall–Kier alpha value is -1.14. The van der Waals surface area contributed by atoms with Gasteiger partial charge in [0, 0.05) is 6.54 Å². The Morgan fingerprint density at radius 2 is 2.09 bits per heavy atom. The predicted octanol–water partition coefficient (Wildman–Crippen LogP) is -1.46. The van der Waals surface area contributed by atoms with Crippen LogP contribution < -0.4 is 11.2 Å². The Labute approximate surface area is 63.0 Å². The third kappa shape index (κ3) is 3.54. The maximum Gasteiger partial charge on any atom is 0.304 e. The minimum absolute atomic E-state index is 0.0985. The topological polar surface area (TPSA) is 113 Å². The van der Waals surface area contributed by atoms with Crippen LogP contribution in [0.15, 0.2) is 0 Å². The molecular weight excluding hydrogens is 152 g/mol. The number of carbonyl (C=O) groups is 2. The zero-order valence-corrected chi connectivity index (χ0v) is 5.78. The summed E-state index contributed by atoms with van der Waals surface area (Å²) in [6.45, 7) is -0.0985. The smallest absolute Gasteiger partial charge is 0.304 e. The number of carboxylic acid groups (broad SMARTS) is 1. The molecule has 0 fully saturated rings. The summed E-state index contributed by atoms with van der Waals surface area (Å²) in [6, 6.07) is 0. The lowest BCUT2D eigenvalue weighted by Crippen LogP contribution is -2.34. The zero-order chi connectivity index (χ0) is 8.85. The molecule has 1 unspecified atom stereocenters. The van der Waals surface area contributed by atoms with Crippen molar-refractivity contribution in [2.45, 2.75) is 6.42 Å². The van der Waals surface area contributed by atoms with Crippen LogP contribution in [0, 0.1) is 5.92 Å². The van der Waals surface area contributed by atoms with Crippen molar-refractivity contribution < 1.29 is 19.9 Å². The third-order valence-electron chi connectivity index (χ3n) is 1.19. The van der Waals surface area contributed by atoms with E-state index >= 15 is 0 Å². The van der Waals surface area contributed by atoms with E-state index in [1.165, 1.54) is 5.48 Å². The number of amides is 1. The Kier molecular flexibility index (Phi) is 4.16. The van der Waals surface area contributed by atoms with Crippen molar-refractivity contribution in [1.29, 1.82) is 0 Å². The van der Waals surface area contributed by atoms with Crippen molar-refractivity contribution >= 4 is 11.9 Å². The molecular formula is C5H10N2O4. The molecule has 1 amide bonds. The minimum atomic E-state index is -1.12. The van der Waals surface area contributed by atoms with E-state index in [1.807, 2.05) is 0 Å². The molecule has 0 bridgehead atoms. The summed E-state index contributed by atoms with van der Waals surface area (Å²) in [5.41, 5.74) is 6.40. The first kappa shape index (κ1) is 9.86. The molecule has 64 valence electrons. The SMILES string of the molecule is NCC(CC(=O)O)C(=O)NO. The lowest BCUT2D eigenvalue weighted by Gasteiger charge is -2.08. The van der Waals surface area contributed by atoms with E-state index < -0.39 is 17.8 Å². The van der Waals surface area contributed by atoms with Crippen molar-refractivity contribution in [2.24, 2.45) is 11.7 Å². The second-order valence-corrected chi connectivity index (χ2v) is 2.01. The van der Waals surface area contributed by atoms with Gasteiger partial charge < -0.3 is 10.8 Å². The molecule has 0 aliphatic heterocycles. The van der Waals surface area contributed by atoms with Crippen LogP contribution in [0.5, 0.6) is 0 Å². The normalized spacial score (nSPS) is 12.2. The first-order valence-corrected chi connectivity index (χ1v) is 2.97. The van der Waals surface area contributed by atoms with Gasteiger partial charge in [0.1, 0.15) is 0 Å². The van der Waals surface area contributed by atoms with E-state index in [2.05, 4.69) is 0 Å². The number of nitrogens with one attached hydrogen (secondary N) is 1. The molecule has 0 aromatic rings. The molecule has 1 atom stereocenters. The van der Waals surface area contributed by atoms with E-state index in [0.29, 0.717) is 0 Å². The molecule has 0 aromatic carbocycles. The average Bonchev–Trinajstić information content (AvgIpc) is 1.98. The van der Waals surface area contributed by atoms with Crippen LogP contribution in [-0.2, 0) is 9.59 Å². The monoisotopic (exact) mass is 162 g/mol. The number of rotatable bonds is 4. The van der Waals surface area contributed by atoms with Crippen molar-refractivity contribution in [2.75, 3.05) is 6.54 Å². The molecule has 0 saturated carbocycles. The molecule has 6 heteroatoms. The highest BCUT2D eigenvalue weighted by Gasteiger charge is 2.18. The first-order valence-electron chi connectivity index (χ1n) is 2.97. The van der Waals surface area contributed by atoms with Gasteiger partial charge in [-0.3, -0.25) is 14.8 Å². The van der Waals surface area contributed by atoms with E-state index in [4.69, 9.17) is 16.0 Å². The predicted molar refractivity (Wildman–Crippen MR) is 34.7 cm³/mol. The van der Waals surface area contributed by atoms with Gasteiger partial charge >= 0.3 is 5.97 Å². The first-order chi connectivity index (χ1) is 5.11. The summed E-state index contributed by atoms with van der Waals surface area (Å²) in [5.74, 6) is -2.75. The number of hydroxylamine groups is 1. The summed E-state index contributed by atoms with van der Waals surface area (Å²) in [4.78, 5) is 20.6. The fourth-order valence-corrected chi connectivity index (χ4v) is 0.585. The second-order valence-electron chi connectivity index (χ2n) is 2.01. The number of carbonyl (C=O) groups excluding carboxylic acids is 1. The molecule has 0 aliphatic carbocycles. The van der Waals surface area contributed by atoms with Gasteiger partial charge in [0.15, 0.2) is 0 Å². The van der Waals surface area contributed by atoms with Crippen LogP contribution in [-0.4, -0.2) is 28.7 Å². The van der Waals surface area contributed by atoms with Gasteiger partial charge in [0.05, 0.1) is 12.3 Å². The molecule has 11 heavy (non-hydrogen) atoms. The summed E-state index contributed by atoms with van der Waals surface area (Å²) in [6.07, 6.45) is -0.372. The molecule has 6 nitrogen and oxygen atoms in total. The summed E-state index contributed by atoms with van der Waals surface area (Å²) < 4.78 is 0. The van der Waals surface area contributed by atoms with Crippen LogP contribution in [0.1, 0.15) is 6.42 Å². The largest absolute Gasteiger partial charge is 0.481 e. The molecule has 0 aliphatic rings. The Balaban J connectivity index is 3.94. The van der Waals surface area contributed by atoms with Crippen molar-refractivity contribution in [3.8, 4) is 0 Å². The molecule has 5 N–H and O–H groups in total. The van der Waals surface area contributed by atoms with Gasteiger partial charge in [0.2, 0.25) is 5.91 Å². The van der Waals surface area contributed by atoms with Gasteiger partial charge in [-0.1, -0.05) is 0 Å². The molecule has 0 heterocycles. The van der Waals surface area contributed by atoms with Crippen LogP contribution in [0.25, 0.3) is 0 Å². The summed E-state index contributed by atoms with van der Waals surface area (Å²) in [7, 11) is 0. The van der Waals surface area contributed by atoms with E-state index in [-0.39, 0.29) is 13.0 Å². The van der Waals surface area contributed by atoms with Crippen LogP contribution in [0.3, 0.4) is 0 Å². The molecule has 0 rings (SSSR count). The Bertz CT molecular complexity index is 159. The lowest BCUT2D eigenvalue weighted by atomic mass is 10.1. The van der Waals surface area contributed by atoms with Gasteiger partial charge in [-0.05, 0) is 0 Å². The van der Waals surface area contributed by atoms with Crippen LogP contribution in [0.4, 0.5) is 0 Å². The fraction of sp³-hybridized carbons (Fsp3) is 0.600. The summed E-state index contributed by atoms with van der Waals surface area (Å²) in [5, 5.41) is 16.3. The standard InChI is InChI=1S/C5H10N2O4/c6-2-3(1-4(8)9)5(10)7-11/h3,11H,1-2,6H2,(H,7,10)(H,8,9). The maximum absolute atomic E-state index is 10.6. The van der Waals surface area contributed by atoms with Gasteiger partial charge in [-0.2, -0.15) is 0 Å². The number of hydrogen-bond acceptors (Lipinski definition) is 4. The van der Waals surface area contributed by atoms with Gasteiger partial charge in [0.25, 0.3) is 0 Å². The zero-order valence-electron chi connectivity index (χ0n) is 5.78. The van der Waals surface area contributed by atoms with Gasteiger partial charge in [-0.25, -0.2) is 5.48 Å². The minimum Gasteiger partial charge on any atom is -0.481 e. The summed E-state index contributed by atoms with van der Waals surface area (Å²) >= 11 is 0. The molecule has 0 spiro atoms. The molecule has 0 saturated heterocycles. The van der Waals surface area contributed by atoms with E-state index in [0.717, 1.165) is 0 Å². The van der Waals surface area contributed by atoms with Crippen LogP contribution in [0.2, 0.25) is 0 Å². The second kappa shape index (κ2) is 4.64. The number of aliphatic carboxylic acids is 1. The fourth-order valence-electron chi connectivity index (χ4n) is 0.585. The van der Waals surface area contributed by atoms with Crippen LogP contribution >= 0.6 is 0 Å². The number of nitrogens with two attached hydrogens (primary N) is 1. The Morgan fingerprint density at radius 1 is 1.55 bits per heavy atom. The highest BCUT2D eigenvalue weighted by molar-refractivity contribution is 5.82. The number of carboxylic acids is 1. The average molecular weight is 162 g/mol. The molecule has 0 aromatic heterocycles.